The molecule has 2 N–H and O–H groups in total. The van der Waals surface area contributed by atoms with E-state index >= 15 is 0 Å². The summed E-state index contributed by atoms with van der Waals surface area (Å²) in [5.74, 6) is -1.14. The predicted molar refractivity (Wildman–Crippen MR) is 84.5 cm³/mol. The Morgan fingerprint density at radius 1 is 1.43 bits per heavy atom. The largest absolute Gasteiger partial charge is 0.507 e. The van der Waals surface area contributed by atoms with Gasteiger partial charge in [-0.1, -0.05) is 29.8 Å². The first kappa shape index (κ1) is 16.2. The van der Waals surface area contributed by atoms with Gasteiger partial charge in [0.25, 0.3) is 5.91 Å². The van der Waals surface area contributed by atoms with Crippen molar-refractivity contribution in [2.24, 2.45) is 5.92 Å². The number of thioether (sulfide) groups is 1. The molecule has 1 heterocycles. The highest BCUT2D eigenvalue weighted by molar-refractivity contribution is 9.10. The van der Waals surface area contributed by atoms with E-state index < -0.39 is 17.9 Å². The fourth-order valence-corrected chi connectivity index (χ4v) is 4.14. The summed E-state index contributed by atoms with van der Waals surface area (Å²) in [6.45, 7) is 3.89. The number of nitrogens with zero attached hydrogens (tertiary/aromatic N) is 1. The van der Waals surface area contributed by atoms with Crippen molar-refractivity contribution in [1.29, 1.82) is 0 Å². The van der Waals surface area contributed by atoms with E-state index in [9.17, 15) is 19.8 Å². The van der Waals surface area contributed by atoms with E-state index in [-0.39, 0.29) is 22.6 Å². The number of hydrogen-bond acceptors (Lipinski definition) is 4. The first-order valence-corrected chi connectivity index (χ1v) is 8.32. The number of hydrogen-bond donors (Lipinski definition) is 2. The van der Waals surface area contributed by atoms with Crippen molar-refractivity contribution < 1.29 is 19.8 Å². The van der Waals surface area contributed by atoms with Crippen molar-refractivity contribution in [2.45, 2.75) is 25.3 Å². The van der Waals surface area contributed by atoms with Gasteiger partial charge in [-0.25, -0.2) is 4.79 Å². The van der Waals surface area contributed by atoms with Crippen LogP contribution in [0.15, 0.2) is 22.7 Å². The predicted octanol–water partition coefficient (Wildman–Crippen LogP) is 2.78. The number of carbonyl (C=O) groups excluding carboxylic acids is 1. The number of aromatic hydroxyl groups is 1. The Hall–Kier alpha value is -1.21. The molecule has 0 aliphatic carbocycles. The Morgan fingerprint density at radius 2 is 2.10 bits per heavy atom. The van der Waals surface area contributed by atoms with Crippen LogP contribution in [-0.2, 0) is 4.79 Å². The number of amides is 1. The zero-order valence-electron chi connectivity index (χ0n) is 11.6. The fourth-order valence-electron chi connectivity index (χ4n) is 2.31. The summed E-state index contributed by atoms with van der Waals surface area (Å²) < 4.78 is 0.656. The summed E-state index contributed by atoms with van der Waals surface area (Å²) in [5.41, 5.74) is 0.115. The molecule has 1 saturated heterocycles. The molecule has 2 rings (SSSR count). The van der Waals surface area contributed by atoms with Gasteiger partial charge in [-0.15, -0.1) is 11.8 Å². The summed E-state index contributed by atoms with van der Waals surface area (Å²) in [5, 5.41) is 19.0. The molecule has 114 valence electrons. The van der Waals surface area contributed by atoms with Crippen LogP contribution in [0.1, 0.15) is 24.2 Å². The minimum Gasteiger partial charge on any atom is -0.507 e. The van der Waals surface area contributed by atoms with Crippen molar-refractivity contribution in [3.63, 3.8) is 0 Å². The third-order valence-corrected chi connectivity index (χ3v) is 5.43. The molecule has 1 aliphatic rings. The van der Waals surface area contributed by atoms with Gasteiger partial charge in [-0.3, -0.25) is 4.79 Å². The molecule has 2 unspecified atom stereocenters. The molecular weight excluding hydrogens is 358 g/mol. The number of benzene rings is 1. The maximum Gasteiger partial charge on any atom is 0.327 e. The van der Waals surface area contributed by atoms with Crippen LogP contribution in [0.3, 0.4) is 0 Å². The third-order valence-electron chi connectivity index (χ3n) is 3.31. The van der Waals surface area contributed by atoms with Crippen LogP contribution >= 0.6 is 27.7 Å². The van der Waals surface area contributed by atoms with Crippen LogP contribution in [0, 0.1) is 5.92 Å². The Kier molecular flexibility index (Phi) is 4.83. The average molecular weight is 374 g/mol. The average Bonchev–Trinajstić information content (AvgIpc) is 2.85. The van der Waals surface area contributed by atoms with E-state index in [0.717, 1.165) is 0 Å². The smallest absolute Gasteiger partial charge is 0.327 e. The number of phenolic OH excluding ortho intramolecular Hbond substituents is 1. The van der Waals surface area contributed by atoms with Gasteiger partial charge in [0.1, 0.15) is 11.8 Å². The number of carbonyl (C=O) groups is 2. The molecule has 0 bridgehead atoms. The Balaban J connectivity index is 2.41. The van der Waals surface area contributed by atoms with Gasteiger partial charge in [-0.05, 0) is 24.1 Å². The fraction of sp³-hybridized carbons (Fsp3) is 0.429. The SMILES string of the molecule is CC(C)C1SCC(C(=O)O)N1C(=O)c1cc(Br)ccc1O. The Labute approximate surface area is 135 Å². The summed E-state index contributed by atoms with van der Waals surface area (Å²) in [6, 6.07) is 3.69. The Bertz CT molecular complexity index is 578. The number of rotatable bonds is 3. The molecule has 2 atom stereocenters. The summed E-state index contributed by atoms with van der Waals surface area (Å²) in [7, 11) is 0. The lowest BCUT2D eigenvalue weighted by Crippen LogP contribution is -2.47. The van der Waals surface area contributed by atoms with Gasteiger partial charge >= 0.3 is 5.97 Å². The van der Waals surface area contributed by atoms with Crippen molar-refractivity contribution >= 4 is 39.6 Å². The van der Waals surface area contributed by atoms with Gasteiger partial charge in [0, 0.05) is 10.2 Å². The highest BCUT2D eigenvalue weighted by Crippen LogP contribution is 2.36. The van der Waals surface area contributed by atoms with E-state index in [2.05, 4.69) is 15.9 Å². The molecule has 1 aromatic carbocycles. The van der Waals surface area contributed by atoms with E-state index in [1.807, 2.05) is 13.8 Å². The molecule has 7 heteroatoms. The maximum atomic E-state index is 12.7. The third kappa shape index (κ3) is 3.18. The molecule has 5 nitrogen and oxygen atoms in total. The Morgan fingerprint density at radius 3 is 2.67 bits per heavy atom. The van der Waals surface area contributed by atoms with Gasteiger partial charge in [-0.2, -0.15) is 0 Å². The molecule has 1 fully saturated rings. The van der Waals surface area contributed by atoms with Crippen LogP contribution in [-0.4, -0.2) is 44.2 Å². The highest BCUT2D eigenvalue weighted by atomic mass is 79.9. The number of phenols is 1. The van der Waals surface area contributed by atoms with E-state index in [1.54, 1.807) is 6.07 Å². The maximum absolute atomic E-state index is 12.7. The molecule has 21 heavy (non-hydrogen) atoms. The number of carboxylic acids is 1. The monoisotopic (exact) mass is 373 g/mol. The van der Waals surface area contributed by atoms with E-state index in [1.165, 1.54) is 28.8 Å². The molecule has 1 aromatic rings. The first-order chi connectivity index (χ1) is 9.82. The lowest BCUT2D eigenvalue weighted by molar-refractivity contribution is -0.141. The summed E-state index contributed by atoms with van der Waals surface area (Å²) in [4.78, 5) is 25.5. The van der Waals surface area contributed by atoms with Crippen LogP contribution in [0.4, 0.5) is 0 Å². The van der Waals surface area contributed by atoms with Crippen LogP contribution in [0.2, 0.25) is 0 Å². The number of carboxylic acid groups (broad SMARTS) is 1. The zero-order valence-corrected chi connectivity index (χ0v) is 14.0. The van der Waals surface area contributed by atoms with E-state index in [0.29, 0.717) is 10.2 Å². The molecular formula is C14H16BrNO4S. The summed E-state index contributed by atoms with van der Waals surface area (Å²) in [6.07, 6.45) is 0. The second-order valence-electron chi connectivity index (χ2n) is 5.20. The van der Waals surface area contributed by atoms with Crippen LogP contribution in [0.5, 0.6) is 5.75 Å². The summed E-state index contributed by atoms with van der Waals surface area (Å²) >= 11 is 4.72. The topological polar surface area (TPSA) is 77.8 Å². The standard InChI is InChI=1S/C14H16BrNO4S/c1-7(2)13-16(10(6-21-13)14(19)20)12(18)9-5-8(15)3-4-11(9)17/h3-5,7,10,13,17H,6H2,1-2H3,(H,19,20). The minimum atomic E-state index is -1.02. The van der Waals surface area contributed by atoms with E-state index in [4.69, 9.17) is 0 Å². The highest BCUT2D eigenvalue weighted by Gasteiger charge is 2.43. The molecule has 0 spiro atoms. The van der Waals surface area contributed by atoms with Crippen molar-refractivity contribution in [1.82, 2.24) is 4.90 Å². The quantitative estimate of drug-likeness (QED) is 0.851. The second-order valence-corrected chi connectivity index (χ2v) is 7.26. The van der Waals surface area contributed by atoms with Crippen LogP contribution in [0.25, 0.3) is 0 Å². The molecule has 0 saturated carbocycles. The van der Waals surface area contributed by atoms with Crippen molar-refractivity contribution in [3.05, 3.63) is 28.2 Å². The lowest BCUT2D eigenvalue weighted by Gasteiger charge is -2.30. The van der Waals surface area contributed by atoms with Gasteiger partial charge in [0.05, 0.1) is 10.9 Å². The zero-order chi connectivity index (χ0) is 15.7. The number of halogens is 1. The number of aliphatic carboxylic acids is 1. The molecule has 0 radical (unpaired) electrons. The van der Waals surface area contributed by atoms with Crippen LogP contribution < -0.4 is 0 Å². The van der Waals surface area contributed by atoms with Gasteiger partial charge in [0.2, 0.25) is 0 Å². The lowest BCUT2D eigenvalue weighted by atomic mass is 10.1. The van der Waals surface area contributed by atoms with Crippen molar-refractivity contribution in [3.8, 4) is 5.75 Å². The van der Waals surface area contributed by atoms with Gasteiger partial charge in [0.15, 0.2) is 0 Å². The van der Waals surface area contributed by atoms with Gasteiger partial charge < -0.3 is 15.1 Å². The first-order valence-electron chi connectivity index (χ1n) is 6.48. The minimum absolute atomic E-state index is 0.115. The normalized spacial score (nSPS) is 21.8. The molecule has 1 aliphatic heterocycles. The second kappa shape index (κ2) is 6.27. The molecule has 1 amide bonds. The van der Waals surface area contributed by atoms with Crippen molar-refractivity contribution in [2.75, 3.05) is 5.75 Å². The molecule has 0 aromatic heterocycles.